The SMILES string of the molecule is N#Cc1cccc(NCCCO)c1-c1nccs1. The van der Waals surface area contributed by atoms with Gasteiger partial charge >= 0.3 is 0 Å². The fourth-order valence-electron chi connectivity index (χ4n) is 1.67. The Hall–Kier alpha value is -1.90. The summed E-state index contributed by atoms with van der Waals surface area (Å²) >= 11 is 1.51. The molecular formula is C13H13N3OS. The van der Waals surface area contributed by atoms with Crippen molar-refractivity contribution in [3.8, 4) is 16.6 Å². The zero-order chi connectivity index (χ0) is 12.8. The molecule has 0 aliphatic rings. The number of aliphatic hydroxyl groups is 1. The summed E-state index contributed by atoms with van der Waals surface area (Å²) in [4.78, 5) is 4.26. The van der Waals surface area contributed by atoms with Gasteiger partial charge < -0.3 is 10.4 Å². The van der Waals surface area contributed by atoms with E-state index in [9.17, 15) is 5.26 Å². The molecule has 5 heteroatoms. The number of aliphatic hydroxyl groups excluding tert-OH is 1. The highest BCUT2D eigenvalue weighted by molar-refractivity contribution is 7.13. The predicted molar refractivity (Wildman–Crippen MR) is 72.5 cm³/mol. The maximum Gasteiger partial charge on any atom is 0.126 e. The number of benzene rings is 1. The van der Waals surface area contributed by atoms with E-state index in [2.05, 4.69) is 16.4 Å². The zero-order valence-corrected chi connectivity index (χ0v) is 10.6. The second kappa shape index (κ2) is 6.15. The smallest absolute Gasteiger partial charge is 0.126 e. The largest absolute Gasteiger partial charge is 0.396 e. The van der Waals surface area contributed by atoms with Crippen molar-refractivity contribution in [2.45, 2.75) is 6.42 Å². The van der Waals surface area contributed by atoms with Crippen LogP contribution < -0.4 is 5.32 Å². The summed E-state index contributed by atoms with van der Waals surface area (Å²) in [5.41, 5.74) is 2.34. The van der Waals surface area contributed by atoms with Crippen molar-refractivity contribution in [1.82, 2.24) is 4.98 Å². The van der Waals surface area contributed by atoms with E-state index in [-0.39, 0.29) is 6.61 Å². The van der Waals surface area contributed by atoms with E-state index in [1.165, 1.54) is 11.3 Å². The summed E-state index contributed by atoms with van der Waals surface area (Å²) in [5.74, 6) is 0. The van der Waals surface area contributed by atoms with Gasteiger partial charge in [0.25, 0.3) is 0 Å². The first-order valence-electron chi connectivity index (χ1n) is 5.64. The summed E-state index contributed by atoms with van der Waals surface area (Å²) in [7, 11) is 0. The summed E-state index contributed by atoms with van der Waals surface area (Å²) < 4.78 is 0. The third-order valence-electron chi connectivity index (χ3n) is 2.48. The number of nitriles is 1. The van der Waals surface area contributed by atoms with Crippen LogP contribution in [0.2, 0.25) is 0 Å². The molecule has 0 spiro atoms. The van der Waals surface area contributed by atoms with Crippen LogP contribution in [-0.2, 0) is 0 Å². The standard InChI is InChI=1S/C13H13N3OS/c14-9-10-3-1-4-11(15-5-2-7-17)12(10)13-16-6-8-18-13/h1,3-4,6,8,15,17H,2,5,7H2. The first kappa shape index (κ1) is 12.6. The van der Waals surface area contributed by atoms with Crippen molar-refractivity contribution in [3.05, 3.63) is 35.3 Å². The Balaban J connectivity index is 2.37. The molecule has 0 fully saturated rings. The van der Waals surface area contributed by atoms with Crippen LogP contribution in [0.25, 0.3) is 10.6 Å². The molecule has 4 nitrogen and oxygen atoms in total. The Morgan fingerprint density at radius 1 is 1.44 bits per heavy atom. The lowest BCUT2D eigenvalue weighted by Crippen LogP contribution is -2.05. The lowest BCUT2D eigenvalue weighted by molar-refractivity contribution is 0.292. The lowest BCUT2D eigenvalue weighted by atomic mass is 10.1. The van der Waals surface area contributed by atoms with Crippen LogP contribution in [0.4, 0.5) is 5.69 Å². The minimum absolute atomic E-state index is 0.150. The van der Waals surface area contributed by atoms with Gasteiger partial charge in [-0.05, 0) is 18.6 Å². The molecule has 18 heavy (non-hydrogen) atoms. The van der Waals surface area contributed by atoms with Gasteiger partial charge in [0.2, 0.25) is 0 Å². The van der Waals surface area contributed by atoms with Crippen molar-refractivity contribution >= 4 is 17.0 Å². The van der Waals surface area contributed by atoms with E-state index in [1.807, 2.05) is 17.5 Å². The maximum atomic E-state index is 9.17. The van der Waals surface area contributed by atoms with Crippen LogP contribution in [0.15, 0.2) is 29.8 Å². The average Bonchev–Trinajstić information content (AvgIpc) is 2.92. The third-order valence-corrected chi connectivity index (χ3v) is 3.27. The Kier molecular flexibility index (Phi) is 4.29. The van der Waals surface area contributed by atoms with Gasteiger partial charge in [-0.25, -0.2) is 4.98 Å². The molecule has 2 rings (SSSR count). The van der Waals surface area contributed by atoms with Crippen LogP contribution in [0.1, 0.15) is 12.0 Å². The quantitative estimate of drug-likeness (QED) is 0.809. The molecule has 0 saturated carbocycles. The maximum absolute atomic E-state index is 9.17. The molecule has 0 atom stereocenters. The minimum atomic E-state index is 0.150. The zero-order valence-electron chi connectivity index (χ0n) is 9.76. The fraction of sp³-hybridized carbons (Fsp3) is 0.231. The van der Waals surface area contributed by atoms with E-state index in [0.29, 0.717) is 18.5 Å². The van der Waals surface area contributed by atoms with E-state index in [4.69, 9.17) is 5.11 Å². The van der Waals surface area contributed by atoms with E-state index >= 15 is 0 Å². The highest BCUT2D eigenvalue weighted by atomic mass is 32.1. The summed E-state index contributed by atoms with van der Waals surface area (Å²) in [6.07, 6.45) is 2.40. The Labute approximate surface area is 110 Å². The van der Waals surface area contributed by atoms with Gasteiger partial charge in [0.15, 0.2) is 0 Å². The summed E-state index contributed by atoms with van der Waals surface area (Å²) in [5, 5.41) is 23.9. The first-order chi connectivity index (χ1) is 8.86. The highest BCUT2D eigenvalue weighted by Gasteiger charge is 2.12. The molecule has 1 heterocycles. The predicted octanol–water partition coefficient (Wildman–Crippen LogP) is 2.48. The van der Waals surface area contributed by atoms with Crippen molar-refractivity contribution in [2.75, 3.05) is 18.5 Å². The molecule has 0 radical (unpaired) electrons. The second-order valence-electron chi connectivity index (χ2n) is 3.68. The van der Waals surface area contributed by atoms with Gasteiger partial charge in [0.05, 0.1) is 17.2 Å². The van der Waals surface area contributed by atoms with Gasteiger partial charge in [-0.3, -0.25) is 0 Å². The van der Waals surface area contributed by atoms with Gasteiger partial charge in [-0.1, -0.05) is 6.07 Å². The molecule has 0 aliphatic heterocycles. The lowest BCUT2D eigenvalue weighted by Gasteiger charge is -2.11. The van der Waals surface area contributed by atoms with Crippen molar-refractivity contribution in [1.29, 1.82) is 5.26 Å². The number of thiazole rings is 1. The van der Waals surface area contributed by atoms with E-state index in [1.54, 1.807) is 12.3 Å². The molecule has 0 bridgehead atoms. The average molecular weight is 259 g/mol. The van der Waals surface area contributed by atoms with Crippen molar-refractivity contribution in [3.63, 3.8) is 0 Å². The van der Waals surface area contributed by atoms with Crippen LogP contribution in [0.3, 0.4) is 0 Å². The molecule has 2 aromatic rings. The highest BCUT2D eigenvalue weighted by Crippen LogP contribution is 2.32. The Morgan fingerprint density at radius 3 is 3.00 bits per heavy atom. The summed E-state index contributed by atoms with van der Waals surface area (Å²) in [6, 6.07) is 7.75. The van der Waals surface area contributed by atoms with Gasteiger partial charge in [-0.2, -0.15) is 5.26 Å². The van der Waals surface area contributed by atoms with E-state index < -0.39 is 0 Å². The molecular weight excluding hydrogens is 246 g/mol. The number of nitrogens with zero attached hydrogens (tertiary/aromatic N) is 2. The van der Waals surface area contributed by atoms with Gasteiger partial charge in [-0.15, -0.1) is 11.3 Å². The molecule has 0 unspecified atom stereocenters. The van der Waals surface area contributed by atoms with Crippen molar-refractivity contribution in [2.24, 2.45) is 0 Å². The van der Waals surface area contributed by atoms with Gasteiger partial charge in [0, 0.05) is 30.4 Å². The second-order valence-corrected chi connectivity index (χ2v) is 4.58. The fourth-order valence-corrected chi connectivity index (χ4v) is 2.38. The molecule has 92 valence electrons. The van der Waals surface area contributed by atoms with Crippen LogP contribution in [0.5, 0.6) is 0 Å². The number of rotatable bonds is 5. The number of aromatic nitrogens is 1. The summed E-state index contributed by atoms with van der Waals surface area (Å²) in [6.45, 7) is 0.821. The molecule has 0 saturated heterocycles. The van der Waals surface area contributed by atoms with Crippen LogP contribution >= 0.6 is 11.3 Å². The Bertz CT molecular complexity index is 546. The number of nitrogens with one attached hydrogen (secondary N) is 1. The van der Waals surface area contributed by atoms with Crippen LogP contribution in [0, 0.1) is 11.3 Å². The van der Waals surface area contributed by atoms with Crippen molar-refractivity contribution < 1.29 is 5.11 Å². The minimum Gasteiger partial charge on any atom is -0.396 e. The molecule has 0 aliphatic carbocycles. The number of hydrogen-bond acceptors (Lipinski definition) is 5. The third kappa shape index (κ3) is 2.67. The van der Waals surface area contributed by atoms with E-state index in [0.717, 1.165) is 16.3 Å². The van der Waals surface area contributed by atoms with Crippen LogP contribution in [-0.4, -0.2) is 23.2 Å². The molecule has 1 aromatic heterocycles. The number of hydrogen-bond donors (Lipinski definition) is 2. The van der Waals surface area contributed by atoms with Gasteiger partial charge in [0.1, 0.15) is 5.01 Å². The molecule has 2 N–H and O–H groups in total. The molecule has 1 aromatic carbocycles. The molecule has 0 amide bonds. The topological polar surface area (TPSA) is 68.9 Å². The monoisotopic (exact) mass is 259 g/mol. The Morgan fingerprint density at radius 2 is 2.33 bits per heavy atom. The first-order valence-corrected chi connectivity index (χ1v) is 6.52. The normalized spacial score (nSPS) is 10.0. The number of anilines is 1.